The molecule has 0 aliphatic carbocycles. The van der Waals surface area contributed by atoms with Crippen molar-refractivity contribution in [3.05, 3.63) is 64.7 Å². The van der Waals surface area contributed by atoms with Gasteiger partial charge >= 0.3 is 0 Å². The summed E-state index contributed by atoms with van der Waals surface area (Å²) in [7, 11) is 1.68. The Morgan fingerprint density at radius 1 is 1.24 bits per heavy atom. The Labute approximate surface area is 129 Å². The number of aliphatic hydroxyl groups is 1. The van der Waals surface area contributed by atoms with Gasteiger partial charge in [0.1, 0.15) is 0 Å². The summed E-state index contributed by atoms with van der Waals surface area (Å²) >= 11 is 6.08. The van der Waals surface area contributed by atoms with E-state index in [-0.39, 0.29) is 12.3 Å². The van der Waals surface area contributed by atoms with Crippen LogP contribution in [-0.2, 0) is 4.79 Å². The summed E-state index contributed by atoms with van der Waals surface area (Å²) in [6.07, 6.45) is -0.770. The molecule has 0 radical (unpaired) electrons. The third-order valence-corrected chi connectivity index (χ3v) is 3.88. The van der Waals surface area contributed by atoms with Crippen LogP contribution < -0.4 is 4.90 Å². The van der Waals surface area contributed by atoms with E-state index >= 15 is 0 Å². The molecule has 4 heteroatoms. The number of aliphatic hydroxyl groups excluding tert-OH is 1. The SMILES string of the molecule is Cc1ccc(N(C)C(=O)CC(O)c2ccccc2)cc1Cl. The second kappa shape index (κ2) is 6.74. The zero-order valence-corrected chi connectivity index (χ0v) is 12.8. The molecule has 0 heterocycles. The predicted molar refractivity (Wildman–Crippen MR) is 85.6 cm³/mol. The molecular weight excluding hydrogens is 286 g/mol. The number of halogens is 1. The molecule has 110 valence electrons. The van der Waals surface area contributed by atoms with Gasteiger partial charge in [-0.05, 0) is 30.2 Å². The predicted octanol–water partition coefficient (Wildman–Crippen LogP) is 3.73. The standard InChI is InChI=1S/C17H18ClNO2/c1-12-8-9-14(10-15(12)18)19(2)17(21)11-16(20)13-6-4-3-5-7-13/h3-10,16,20H,11H2,1-2H3. The van der Waals surface area contributed by atoms with E-state index in [0.717, 1.165) is 16.8 Å². The van der Waals surface area contributed by atoms with Gasteiger partial charge in [0.25, 0.3) is 0 Å². The van der Waals surface area contributed by atoms with Gasteiger partial charge in [-0.1, -0.05) is 48.0 Å². The fourth-order valence-corrected chi connectivity index (χ4v) is 2.20. The van der Waals surface area contributed by atoms with Crippen LogP contribution in [0.2, 0.25) is 5.02 Å². The fourth-order valence-electron chi connectivity index (χ4n) is 2.03. The van der Waals surface area contributed by atoms with Gasteiger partial charge in [0.15, 0.2) is 0 Å². The highest BCUT2D eigenvalue weighted by atomic mass is 35.5. The van der Waals surface area contributed by atoms with Crippen LogP contribution in [0.25, 0.3) is 0 Å². The van der Waals surface area contributed by atoms with Gasteiger partial charge in [0.05, 0.1) is 12.5 Å². The van der Waals surface area contributed by atoms with Crippen molar-refractivity contribution in [2.45, 2.75) is 19.4 Å². The lowest BCUT2D eigenvalue weighted by atomic mass is 10.1. The first-order chi connectivity index (χ1) is 9.99. The van der Waals surface area contributed by atoms with E-state index in [0.29, 0.717) is 5.02 Å². The zero-order chi connectivity index (χ0) is 15.4. The Bertz CT molecular complexity index is 628. The summed E-state index contributed by atoms with van der Waals surface area (Å²) in [6, 6.07) is 14.6. The van der Waals surface area contributed by atoms with Crippen LogP contribution in [0, 0.1) is 6.92 Å². The van der Waals surface area contributed by atoms with Crippen LogP contribution in [0.4, 0.5) is 5.69 Å². The van der Waals surface area contributed by atoms with Crippen LogP contribution in [0.5, 0.6) is 0 Å². The van der Waals surface area contributed by atoms with E-state index < -0.39 is 6.10 Å². The largest absolute Gasteiger partial charge is 0.388 e. The molecule has 0 fully saturated rings. The second-order valence-corrected chi connectivity index (χ2v) is 5.42. The Kier molecular flexibility index (Phi) is 4.99. The molecule has 0 aliphatic rings. The van der Waals surface area contributed by atoms with Gasteiger partial charge in [0.2, 0.25) is 5.91 Å². The number of anilines is 1. The normalized spacial score (nSPS) is 12.0. The average molecular weight is 304 g/mol. The molecular formula is C17H18ClNO2. The molecule has 1 atom stereocenters. The van der Waals surface area contributed by atoms with E-state index in [4.69, 9.17) is 11.6 Å². The molecule has 0 aromatic heterocycles. The van der Waals surface area contributed by atoms with Gasteiger partial charge in [0, 0.05) is 17.8 Å². The van der Waals surface area contributed by atoms with Crippen molar-refractivity contribution in [1.29, 1.82) is 0 Å². The summed E-state index contributed by atoms with van der Waals surface area (Å²) in [5.74, 6) is -0.161. The van der Waals surface area contributed by atoms with Crippen LogP contribution in [0.15, 0.2) is 48.5 Å². The fraction of sp³-hybridized carbons (Fsp3) is 0.235. The Morgan fingerprint density at radius 2 is 1.90 bits per heavy atom. The quantitative estimate of drug-likeness (QED) is 0.935. The lowest BCUT2D eigenvalue weighted by Crippen LogP contribution is -2.27. The van der Waals surface area contributed by atoms with E-state index in [1.165, 1.54) is 4.90 Å². The highest BCUT2D eigenvalue weighted by Crippen LogP contribution is 2.24. The lowest BCUT2D eigenvalue weighted by Gasteiger charge is -2.20. The third kappa shape index (κ3) is 3.84. The number of hydrogen-bond donors (Lipinski definition) is 1. The zero-order valence-electron chi connectivity index (χ0n) is 12.1. The highest BCUT2D eigenvalue weighted by molar-refractivity contribution is 6.31. The lowest BCUT2D eigenvalue weighted by molar-refractivity contribution is -0.120. The maximum atomic E-state index is 12.2. The van der Waals surface area contributed by atoms with Gasteiger partial charge in [-0.3, -0.25) is 4.79 Å². The monoisotopic (exact) mass is 303 g/mol. The maximum absolute atomic E-state index is 12.2. The van der Waals surface area contributed by atoms with Crippen molar-refractivity contribution in [1.82, 2.24) is 0 Å². The molecule has 21 heavy (non-hydrogen) atoms. The van der Waals surface area contributed by atoms with Crippen LogP contribution in [0.1, 0.15) is 23.7 Å². The number of rotatable bonds is 4. The second-order valence-electron chi connectivity index (χ2n) is 5.02. The Hall–Kier alpha value is -1.84. The van der Waals surface area contributed by atoms with E-state index in [1.807, 2.05) is 37.3 Å². The molecule has 0 bridgehead atoms. The molecule has 3 nitrogen and oxygen atoms in total. The number of hydrogen-bond acceptors (Lipinski definition) is 2. The van der Waals surface area contributed by atoms with Gasteiger partial charge in [-0.2, -0.15) is 0 Å². The molecule has 0 spiro atoms. The average Bonchev–Trinajstić information content (AvgIpc) is 2.50. The van der Waals surface area contributed by atoms with Crippen molar-refractivity contribution < 1.29 is 9.90 Å². The molecule has 0 aliphatic heterocycles. The number of benzene rings is 2. The molecule has 1 amide bonds. The van der Waals surface area contributed by atoms with Crippen LogP contribution in [0.3, 0.4) is 0 Å². The highest BCUT2D eigenvalue weighted by Gasteiger charge is 2.17. The topological polar surface area (TPSA) is 40.5 Å². The molecule has 0 saturated carbocycles. The van der Waals surface area contributed by atoms with Crippen molar-refractivity contribution >= 4 is 23.2 Å². The number of amides is 1. The van der Waals surface area contributed by atoms with Gasteiger partial charge < -0.3 is 10.0 Å². The molecule has 2 rings (SSSR count). The number of carbonyl (C=O) groups is 1. The summed E-state index contributed by atoms with van der Waals surface area (Å²) in [5, 5.41) is 10.7. The summed E-state index contributed by atoms with van der Waals surface area (Å²) in [6.45, 7) is 1.91. The van der Waals surface area contributed by atoms with E-state index in [2.05, 4.69) is 0 Å². The van der Waals surface area contributed by atoms with Gasteiger partial charge in [-0.15, -0.1) is 0 Å². The molecule has 2 aromatic rings. The molecule has 2 aromatic carbocycles. The molecule has 1 unspecified atom stereocenters. The Balaban J connectivity index is 2.07. The van der Waals surface area contributed by atoms with Gasteiger partial charge in [-0.25, -0.2) is 0 Å². The van der Waals surface area contributed by atoms with Crippen molar-refractivity contribution in [3.63, 3.8) is 0 Å². The molecule has 0 saturated heterocycles. The maximum Gasteiger partial charge on any atom is 0.229 e. The Morgan fingerprint density at radius 3 is 2.52 bits per heavy atom. The minimum absolute atomic E-state index is 0.0337. The summed E-state index contributed by atoms with van der Waals surface area (Å²) in [4.78, 5) is 13.8. The molecule has 1 N–H and O–H groups in total. The number of aryl methyl sites for hydroxylation is 1. The number of carbonyl (C=O) groups excluding carboxylic acids is 1. The van der Waals surface area contributed by atoms with Crippen molar-refractivity contribution in [3.8, 4) is 0 Å². The summed E-state index contributed by atoms with van der Waals surface area (Å²) in [5.41, 5.74) is 2.42. The van der Waals surface area contributed by atoms with Crippen molar-refractivity contribution in [2.75, 3.05) is 11.9 Å². The van der Waals surface area contributed by atoms with Crippen molar-refractivity contribution in [2.24, 2.45) is 0 Å². The minimum Gasteiger partial charge on any atom is -0.388 e. The third-order valence-electron chi connectivity index (χ3n) is 3.47. The van der Waals surface area contributed by atoms with E-state index in [9.17, 15) is 9.90 Å². The first kappa shape index (κ1) is 15.5. The summed E-state index contributed by atoms with van der Waals surface area (Å²) < 4.78 is 0. The minimum atomic E-state index is -0.804. The van der Waals surface area contributed by atoms with Crippen LogP contribution in [-0.4, -0.2) is 18.1 Å². The first-order valence-corrected chi connectivity index (χ1v) is 7.12. The van der Waals surface area contributed by atoms with Crippen LogP contribution >= 0.6 is 11.6 Å². The first-order valence-electron chi connectivity index (χ1n) is 6.74. The smallest absolute Gasteiger partial charge is 0.229 e. The number of nitrogens with zero attached hydrogens (tertiary/aromatic N) is 1. The van der Waals surface area contributed by atoms with E-state index in [1.54, 1.807) is 25.2 Å².